The van der Waals surface area contributed by atoms with Crippen LogP contribution in [-0.4, -0.2) is 28.8 Å². The zero-order chi connectivity index (χ0) is 43.3. The third kappa shape index (κ3) is 7.09. The molecular weight excluding hydrogens is 954 g/mol. The minimum atomic E-state index is -0.311. The molecule has 0 atom stereocenters. The van der Waals surface area contributed by atoms with E-state index in [4.69, 9.17) is 9.97 Å². The van der Waals surface area contributed by atoms with Gasteiger partial charge in [-0.2, -0.15) is 6.07 Å². The van der Waals surface area contributed by atoms with Crippen LogP contribution in [0, 0.1) is 6.07 Å². The van der Waals surface area contributed by atoms with Crippen molar-refractivity contribution >= 4 is 43.7 Å². The zero-order valence-corrected chi connectivity index (χ0v) is 39.6. The fraction of sp³-hybridized carbons (Fsp3) is 0.214. The summed E-state index contributed by atoms with van der Waals surface area (Å²) < 4.78 is 6.69. The molecule has 0 unspecified atom stereocenters. The Kier molecular flexibility index (Phi) is 10.2. The van der Waals surface area contributed by atoms with Gasteiger partial charge in [0.25, 0.3) is 0 Å². The number of aromatic hydroxyl groups is 1. The van der Waals surface area contributed by atoms with Crippen molar-refractivity contribution in [2.24, 2.45) is 0 Å². The molecular formula is C56H52N5OPt-. The smallest absolute Gasteiger partial charge is 0.218 e. The van der Waals surface area contributed by atoms with Crippen molar-refractivity contribution in [2.75, 3.05) is 0 Å². The first kappa shape index (κ1) is 42.1. The molecule has 1 N–H and O–H groups in total. The van der Waals surface area contributed by atoms with Crippen molar-refractivity contribution in [3.05, 3.63) is 169 Å². The summed E-state index contributed by atoms with van der Waals surface area (Å²) in [6, 6.07) is 51.1. The molecule has 4 heterocycles. The minimum absolute atomic E-state index is 0. The van der Waals surface area contributed by atoms with Crippen LogP contribution in [-0.2, 0) is 37.3 Å². The van der Waals surface area contributed by atoms with Crippen LogP contribution in [0.2, 0.25) is 0 Å². The van der Waals surface area contributed by atoms with Crippen LogP contribution in [0.4, 0.5) is 0 Å². The average Bonchev–Trinajstić information content (AvgIpc) is 3.92. The molecule has 0 fully saturated rings. The molecule has 63 heavy (non-hydrogen) atoms. The Labute approximate surface area is 384 Å². The number of aromatic nitrogens is 5. The number of para-hydroxylation sites is 2. The molecule has 4 aromatic heterocycles. The first-order valence-corrected chi connectivity index (χ1v) is 21.6. The van der Waals surface area contributed by atoms with Crippen molar-refractivity contribution < 1.29 is 26.2 Å². The van der Waals surface area contributed by atoms with Gasteiger partial charge in [0.15, 0.2) is 0 Å². The summed E-state index contributed by atoms with van der Waals surface area (Å²) in [4.78, 5) is 10.5. The van der Waals surface area contributed by atoms with Crippen LogP contribution in [0.15, 0.2) is 146 Å². The molecule has 6 nitrogen and oxygen atoms in total. The monoisotopic (exact) mass is 1010 g/mol. The second kappa shape index (κ2) is 15.2. The van der Waals surface area contributed by atoms with Crippen molar-refractivity contribution in [2.45, 2.75) is 78.6 Å². The normalized spacial score (nSPS) is 12.5. The summed E-state index contributed by atoms with van der Waals surface area (Å²) in [6.45, 7) is 19.9. The average molecular weight is 1010 g/mol. The van der Waals surface area contributed by atoms with E-state index in [9.17, 15) is 5.11 Å². The Morgan fingerprint density at radius 1 is 0.556 bits per heavy atom. The Balaban J connectivity index is 0.00000504. The molecule has 0 spiro atoms. The van der Waals surface area contributed by atoms with Gasteiger partial charge in [-0.3, -0.25) is 4.57 Å². The molecule has 0 amide bonds. The van der Waals surface area contributed by atoms with Crippen molar-refractivity contribution in [3.8, 4) is 45.5 Å². The Hall–Kier alpha value is -6.23. The predicted octanol–water partition coefficient (Wildman–Crippen LogP) is 14.2. The molecule has 0 saturated heterocycles. The fourth-order valence-electron chi connectivity index (χ4n) is 8.99. The van der Waals surface area contributed by atoms with Gasteiger partial charge < -0.3 is 14.2 Å². The second-order valence-electron chi connectivity index (χ2n) is 19.7. The van der Waals surface area contributed by atoms with Gasteiger partial charge in [-0.05, 0) is 80.8 Å². The largest absolute Gasteiger partial charge is 0.507 e. The third-order valence-electron chi connectivity index (χ3n) is 12.4. The van der Waals surface area contributed by atoms with Crippen molar-refractivity contribution in [1.82, 2.24) is 23.7 Å². The van der Waals surface area contributed by atoms with Gasteiger partial charge in [0.05, 0.1) is 16.9 Å². The van der Waals surface area contributed by atoms with Crippen LogP contribution < -0.4 is 0 Å². The molecule has 0 aliphatic heterocycles. The van der Waals surface area contributed by atoms with E-state index in [1.54, 1.807) is 0 Å². The van der Waals surface area contributed by atoms with Gasteiger partial charge in [-0.15, -0.1) is 17.5 Å². The van der Waals surface area contributed by atoms with E-state index in [2.05, 4.69) is 216 Å². The maximum atomic E-state index is 12.3. The first-order valence-electron chi connectivity index (χ1n) is 21.6. The molecule has 0 bridgehead atoms. The summed E-state index contributed by atoms with van der Waals surface area (Å²) in [7, 11) is 0. The van der Waals surface area contributed by atoms with E-state index < -0.39 is 0 Å². The van der Waals surface area contributed by atoms with E-state index in [0.717, 1.165) is 77.4 Å². The molecule has 318 valence electrons. The molecule has 0 aliphatic rings. The topological polar surface area (TPSA) is 60.8 Å². The molecule has 0 radical (unpaired) electrons. The Morgan fingerprint density at radius 2 is 1.17 bits per heavy atom. The first-order chi connectivity index (χ1) is 29.6. The summed E-state index contributed by atoms with van der Waals surface area (Å²) in [6.07, 6.45) is 3.97. The number of hydrogen-bond donors (Lipinski definition) is 1. The molecule has 0 aliphatic carbocycles. The maximum Gasteiger partial charge on any atom is 0.218 e. The van der Waals surface area contributed by atoms with E-state index in [1.165, 1.54) is 5.56 Å². The number of phenols is 1. The van der Waals surface area contributed by atoms with Crippen molar-refractivity contribution in [1.29, 1.82) is 0 Å². The molecule has 10 aromatic rings. The van der Waals surface area contributed by atoms with Gasteiger partial charge in [0, 0.05) is 66.4 Å². The number of benzene rings is 6. The summed E-state index contributed by atoms with van der Waals surface area (Å²) >= 11 is 0. The van der Waals surface area contributed by atoms with E-state index >= 15 is 0 Å². The van der Waals surface area contributed by atoms with Gasteiger partial charge >= 0.3 is 0 Å². The number of hydrogen-bond acceptors (Lipinski definition) is 3. The van der Waals surface area contributed by atoms with Gasteiger partial charge in [-0.25, -0.2) is 9.97 Å². The molecule has 10 rings (SSSR count). The fourth-order valence-corrected chi connectivity index (χ4v) is 8.99. The number of pyridine rings is 1. The second-order valence-corrected chi connectivity index (χ2v) is 19.7. The van der Waals surface area contributed by atoms with Crippen LogP contribution >= 0.6 is 0 Å². The van der Waals surface area contributed by atoms with Crippen molar-refractivity contribution in [3.63, 3.8) is 0 Å². The predicted molar refractivity (Wildman–Crippen MR) is 258 cm³/mol. The van der Waals surface area contributed by atoms with Gasteiger partial charge in [0.2, 0.25) is 5.95 Å². The number of phenolic OH excluding ortho intramolecular Hbond substituents is 1. The van der Waals surface area contributed by atoms with E-state index in [-0.39, 0.29) is 43.1 Å². The minimum Gasteiger partial charge on any atom is -0.507 e. The van der Waals surface area contributed by atoms with Crippen LogP contribution in [0.25, 0.3) is 83.4 Å². The summed E-state index contributed by atoms with van der Waals surface area (Å²) in [5.41, 5.74) is 12.0. The standard InChI is InChI=1S/C56H52N5O.Pt/c1-54(2,3)36-25-28-47(43(30-36)35-18-11-10-12-19-35)59-34-46(44-31-37(55(4,5)6)32-45(51(44)62)56(7,8)9)58-53(59)61-49-24-16-13-20-39(49)41-27-26-38(33-50(41)61)60-48-23-15-14-21-40(48)42-22-17-29-57-52(42)60;/h10-32,34,62H,1-9H3;/q-1;. The molecule has 7 heteroatoms. The Morgan fingerprint density at radius 3 is 1.86 bits per heavy atom. The maximum absolute atomic E-state index is 12.3. The van der Waals surface area contributed by atoms with Crippen LogP contribution in [0.5, 0.6) is 5.75 Å². The Bertz CT molecular complexity index is 3310. The van der Waals surface area contributed by atoms with Gasteiger partial charge in [-0.1, -0.05) is 152 Å². The number of nitrogens with zero attached hydrogens (tertiary/aromatic N) is 5. The SMILES string of the molecule is CC(C)(C)c1ccc(-n2cc(-c3cc(C(C)(C)C)cc(C(C)(C)C)c3O)nc2-n2c3[c-]c(-n4c5ccccc5c5cccnc54)ccc3c3ccccc32)c(-c2ccccc2)c1.[Pt]. The van der Waals surface area contributed by atoms with Crippen LogP contribution in [0.3, 0.4) is 0 Å². The number of imidazole rings is 1. The molecule has 6 aromatic carbocycles. The van der Waals surface area contributed by atoms with Crippen LogP contribution in [0.1, 0.15) is 79.0 Å². The van der Waals surface area contributed by atoms with E-state index in [0.29, 0.717) is 17.2 Å². The molecule has 0 saturated carbocycles. The third-order valence-corrected chi connectivity index (χ3v) is 12.4. The number of fused-ring (bicyclic) bond motifs is 6. The summed E-state index contributed by atoms with van der Waals surface area (Å²) in [5, 5.41) is 16.7. The number of rotatable bonds is 5. The summed E-state index contributed by atoms with van der Waals surface area (Å²) in [5.74, 6) is 0.946. The van der Waals surface area contributed by atoms with E-state index in [1.807, 2.05) is 12.3 Å². The quantitative estimate of drug-likeness (QED) is 0.175. The van der Waals surface area contributed by atoms with Gasteiger partial charge in [0.1, 0.15) is 11.4 Å². The zero-order valence-electron chi connectivity index (χ0n) is 37.4.